The fraction of sp³-hybridized carbons (Fsp3) is 0.188. The molecule has 0 aromatic heterocycles. The summed E-state index contributed by atoms with van der Waals surface area (Å²) in [5.41, 5.74) is 7.61. The van der Waals surface area contributed by atoms with Gasteiger partial charge in [0.25, 0.3) is 0 Å². The van der Waals surface area contributed by atoms with Crippen molar-refractivity contribution in [2.75, 3.05) is 19.2 Å². The van der Waals surface area contributed by atoms with Crippen molar-refractivity contribution in [1.29, 1.82) is 0 Å². The monoisotopic (exact) mass is 461 g/mol. The third kappa shape index (κ3) is 4.35. The molecule has 128 valence electrons. The number of hydrogen-bond acceptors (Lipinski definition) is 4. The molecule has 1 aliphatic rings. The van der Waals surface area contributed by atoms with Gasteiger partial charge in [0.05, 0.1) is 18.7 Å². The Morgan fingerprint density at radius 2 is 2.04 bits per heavy atom. The second kappa shape index (κ2) is 8.29. The molecule has 2 aromatic carbocycles. The molecule has 1 heterocycles. The van der Waals surface area contributed by atoms with Crippen molar-refractivity contribution >= 4 is 47.2 Å². The number of benzene rings is 2. The summed E-state index contributed by atoms with van der Waals surface area (Å²) in [6.07, 6.45) is 0. The minimum absolute atomic E-state index is 0. The maximum Gasteiger partial charge on any atom is 0.231 e. The van der Waals surface area contributed by atoms with Crippen LogP contribution < -0.4 is 25.3 Å². The number of anilines is 1. The van der Waals surface area contributed by atoms with Crippen molar-refractivity contribution in [2.45, 2.75) is 6.54 Å². The molecule has 1 aliphatic heterocycles. The zero-order chi connectivity index (χ0) is 16.2. The van der Waals surface area contributed by atoms with E-state index in [4.69, 9.17) is 31.5 Å². The number of nitrogens with one attached hydrogen (secondary N) is 1. The van der Waals surface area contributed by atoms with Gasteiger partial charge in [0.15, 0.2) is 17.5 Å². The summed E-state index contributed by atoms with van der Waals surface area (Å²) in [7, 11) is 1.56. The van der Waals surface area contributed by atoms with Gasteiger partial charge in [0.1, 0.15) is 5.75 Å². The van der Waals surface area contributed by atoms with Gasteiger partial charge >= 0.3 is 0 Å². The highest BCUT2D eigenvalue weighted by molar-refractivity contribution is 14.0. The van der Waals surface area contributed by atoms with Crippen molar-refractivity contribution in [1.82, 2.24) is 0 Å². The molecule has 24 heavy (non-hydrogen) atoms. The highest BCUT2D eigenvalue weighted by Gasteiger charge is 2.12. The lowest BCUT2D eigenvalue weighted by atomic mass is 10.2. The number of aliphatic imine (C=N–C) groups is 1. The third-order valence-corrected chi connectivity index (χ3v) is 3.59. The summed E-state index contributed by atoms with van der Waals surface area (Å²) in [6.45, 7) is 0.684. The van der Waals surface area contributed by atoms with E-state index in [1.54, 1.807) is 19.2 Å². The molecule has 3 N–H and O–H groups in total. The molecule has 0 spiro atoms. The predicted octanol–water partition coefficient (Wildman–Crippen LogP) is 3.62. The van der Waals surface area contributed by atoms with E-state index in [-0.39, 0.29) is 30.8 Å². The molecular formula is C16H17ClIN3O3. The average Bonchev–Trinajstić information content (AvgIpc) is 3.01. The van der Waals surface area contributed by atoms with Crippen LogP contribution in [0.4, 0.5) is 5.69 Å². The van der Waals surface area contributed by atoms with Gasteiger partial charge in [0, 0.05) is 5.69 Å². The molecule has 6 nitrogen and oxygen atoms in total. The molecule has 8 heteroatoms. The van der Waals surface area contributed by atoms with Crippen LogP contribution in [0.15, 0.2) is 41.4 Å². The molecule has 0 atom stereocenters. The van der Waals surface area contributed by atoms with Crippen LogP contribution >= 0.6 is 35.6 Å². The fourth-order valence-electron chi connectivity index (χ4n) is 2.15. The van der Waals surface area contributed by atoms with Gasteiger partial charge in [-0.3, -0.25) is 0 Å². The van der Waals surface area contributed by atoms with Crippen molar-refractivity contribution < 1.29 is 14.2 Å². The first-order chi connectivity index (χ1) is 11.2. The molecular weight excluding hydrogens is 445 g/mol. The highest BCUT2D eigenvalue weighted by atomic mass is 127. The topological polar surface area (TPSA) is 78.1 Å². The Labute approximate surface area is 162 Å². The van der Waals surface area contributed by atoms with Crippen LogP contribution in [0, 0.1) is 0 Å². The number of ether oxygens (including phenoxy) is 3. The van der Waals surface area contributed by atoms with E-state index in [0.29, 0.717) is 23.3 Å². The molecule has 0 saturated carbocycles. The van der Waals surface area contributed by atoms with Gasteiger partial charge in [-0.05, 0) is 35.9 Å². The summed E-state index contributed by atoms with van der Waals surface area (Å²) < 4.78 is 15.7. The van der Waals surface area contributed by atoms with Crippen molar-refractivity contribution in [2.24, 2.45) is 10.7 Å². The van der Waals surface area contributed by atoms with E-state index < -0.39 is 0 Å². The number of nitrogens with two attached hydrogens (primary N) is 1. The SMILES string of the molecule is COc1ccc(NC(N)=NCc2ccc3c(c2)OCO3)cc1Cl.I. The quantitative estimate of drug-likeness (QED) is 0.413. The summed E-state index contributed by atoms with van der Waals surface area (Å²) in [4.78, 5) is 4.30. The molecule has 0 aliphatic carbocycles. The number of rotatable bonds is 4. The van der Waals surface area contributed by atoms with Gasteiger partial charge < -0.3 is 25.3 Å². The number of fused-ring (bicyclic) bond motifs is 1. The number of methoxy groups -OCH3 is 1. The van der Waals surface area contributed by atoms with Crippen LogP contribution in [-0.2, 0) is 6.54 Å². The Kier molecular flexibility index (Phi) is 6.38. The van der Waals surface area contributed by atoms with E-state index in [0.717, 1.165) is 22.7 Å². The summed E-state index contributed by atoms with van der Waals surface area (Å²) >= 11 is 6.07. The van der Waals surface area contributed by atoms with E-state index in [1.165, 1.54) is 0 Å². The smallest absolute Gasteiger partial charge is 0.231 e. The molecule has 2 aromatic rings. The van der Waals surface area contributed by atoms with E-state index in [9.17, 15) is 0 Å². The highest BCUT2D eigenvalue weighted by Crippen LogP contribution is 2.32. The van der Waals surface area contributed by atoms with Crippen LogP contribution in [-0.4, -0.2) is 19.9 Å². The first kappa shape index (κ1) is 18.5. The van der Waals surface area contributed by atoms with Crippen LogP contribution in [0.5, 0.6) is 17.2 Å². The molecule has 0 fully saturated rings. The summed E-state index contributed by atoms with van der Waals surface area (Å²) in [5.74, 6) is 2.37. The molecule has 0 unspecified atom stereocenters. The number of hydrogen-bond donors (Lipinski definition) is 2. The zero-order valence-electron chi connectivity index (χ0n) is 12.9. The maximum atomic E-state index is 6.07. The maximum absolute atomic E-state index is 6.07. The van der Waals surface area contributed by atoms with Crippen LogP contribution in [0.2, 0.25) is 5.02 Å². The Morgan fingerprint density at radius 3 is 2.79 bits per heavy atom. The Bertz CT molecular complexity index is 755. The Morgan fingerprint density at radius 1 is 1.25 bits per heavy atom. The normalized spacial score (nSPS) is 12.5. The molecule has 0 radical (unpaired) electrons. The van der Waals surface area contributed by atoms with E-state index in [1.807, 2.05) is 24.3 Å². The molecule has 0 bridgehead atoms. The lowest BCUT2D eigenvalue weighted by molar-refractivity contribution is 0.174. The zero-order valence-corrected chi connectivity index (χ0v) is 16.0. The second-order valence-electron chi connectivity index (χ2n) is 4.86. The van der Waals surface area contributed by atoms with E-state index >= 15 is 0 Å². The minimum Gasteiger partial charge on any atom is -0.495 e. The Hall–Kier alpha value is -1.87. The number of nitrogens with zero attached hydrogens (tertiary/aromatic N) is 1. The predicted molar refractivity (Wildman–Crippen MR) is 105 cm³/mol. The Balaban J connectivity index is 0.00000208. The fourth-order valence-corrected chi connectivity index (χ4v) is 2.41. The first-order valence-corrected chi connectivity index (χ1v) is 7.32. The number of halogens is 2. The number of guanidine groups is 1. The lowest BCUT2D eigenvalue weighted by Crippen LogP contribution is -2.22. The van der Waals surface area contributed by atoms with Gasteiger partial charge in [-0.25, -0.2) is 4.99 Å². The van der Waals surface area contributed by atoms with Crippen molar-refractivity contribution in [3.63, 3.8) is 0 Å². The first-order valence-electron chi connectivity index (χ1n) is 6.95. The molecule has 3 rings (SSSR count). The van der Waals surface area contributed by atoms with E-state index in [2.05, 4.69) is 10.3 Å². The van der Waals surface area contributed by atoms with Crippen molar-refractivity contribution in [3.8, 4) is 17.2 Å². The summed E-state index contributed by atoms with van der Waals surface area (Å²) in [6, 6.07) is 11.0. The third-order valence-electron chi connectivity index (χ3n) is 3.29. The van der Waals surface area contributed by atoms with Gasteiger partial charge in [0.2, 0.25) is 6.79 Å². The molecule has 0 saturated heterocycles. The van der Waals surface area contributed by atoms with Gasteiger partial charge in [-0.15, -0.1) is 24.0 Å². The summed E-state index contributed by atoms with van der Waals surface area (Å²) in [5, 5.41) is 3.49. The largest absolute Gasteiger partial charge is 0.495 e. The van der Waals surface area contributed by atoms with Gasteiger partial charge in [-0.2, -0.15) is 0 Å². The lowest BCUT2D eigenvalue weighted by Gasteiger charge is -2.08. The molecule has 0 amide bonds. The average molecular weight is 462 g/mol. The standard InChI is InChI=1S/C16H16ClN3O3.HI/c1-21-13-5-3-11(7-12(13)17)20-16(18)19-8-10-2-4-14-15(6-10)23-9-22-14;/h2-7H,8-9H2,1H3,(H3,18,19,20);1H. The van der Waals surface area contributed by atoms with Crippen molar-refractivity contribution in [3.05, 3.63) is 47.0 Å². The van der Waals surface area contributed by atoms with Gasteiger partial charge in [-0.1, -0.05) is 17.7 Å². The van der Waals surface area contributed by atoms with Crippen LogP contribution in [0.25, 0.3) is 0 Å². The van der Waals surface area contributed by atoms with Crippen LogP contribution in [0.1, 0.15) is 5.56 Å². The van der Waals surface area contributed by atoms with Crippen LogP contribution in [0.3, 0.4) is 0 Å². The minimum atomic E-state index is 0. The second-order valence-corrected chi connectivity index (χ2v) is 5.27.